The first-order valence-corrected chi connectivity index (χ1v) is 13.5. The number of amides is 2. The normalized spacial score (nSPS) is 19.2. The van der Waals surface area contributed by atoms with Gasteiger partial charge in [0.15, 0.2) is 0 Å². The molecule has 3 heterocycles. The minimum absolute atomic E-state index is 0.0124. The number of nitrogens with one attached hydrogen (secondary N) is 3. The fraction of sp³-hybridized carbons (Fsp3) is 0.300. The van der Waals surface area contributed by atoms with Crippen LogP contribution in [0.15, 0.2) is 72.9 Å². The number of halogens is 3. The van der Waals surface area contributed by atoms with Gasteiger partial charge in [-0.3, -0.25) is 14.5 Å². The summed E-state index contributed by atoms with van der Waals surface area (Å²) in [7, 11) is 0. The zero-order valence-electron chi connectivity index (χ0n) is 22.6. The highest BCUT2D eigenvalue weighted by atomic mass is 19.4. The van der Waals surface area contributed by atoms with Gasteiger partial charge in [-0.25, -0.2) is 4.98 Å². The molecule has 2 saturated heterocycles. The third-order valence-electron chi connectivity index (χ3n) is 7.28. The van der Waals surface area contributed by atoms with Gasteiger partial charge in [0.2, 0.25) is 11.8 Å². The maximum Gasteiger partial charge on any atom is 0.417 e. The second-order valence-corrected chi connectivity index (χ2v) is 10.2. The molecule has 5 N–H and O–H groups in total. The van der Waals surface area contributed by atoms with Gasteiger partial charge in [-0.2, -0.15) is 13.2 Å². The fourth-order valence-corrected chi connectivity index (χ4v) is 5.06. The molecule has 5 rings (SSSR count). The van der Waals surface area contributed by atoms with E-state index in [9.17, 15) is 22.8 Å². The number of benzene rings is 2. The van der Waals surface area contributed by atoms with Crippen molar-refractivity contribution in [2.75, 3.05) is 42.6 Å². The summed E-state index contributed by atoms with van der Waals surface area (Å²) < 4.78 is 44.4. The third-order valence-corrected chi connectivity index (χ3v) is 7.28. The molecule has 0 radical (unpaired) electrons. The predicted octanol–water partition coefficient (Wildman–Crippen LogP) is 4.08. The van der Waals surface area contributed by atoms with Crippen LogP contribution in [-0.4, -0.2) is 60.1 Å². The average Bonchev–Trinajstić information content (AvgIpc) is 3.59. The Balaban J connectivity index is 1.25. The molecule has 1 unspecified atom stereocenters. The Kier molecular flexibility index (Phi) is 8.86. The standard InChI is InChI=1S/C30H31F3N6O3/c31-30(32,33)21-10-11-26(36-16-21)38-29(41)28(35-13-14-39-17-23-15-22(39)18-42-23)20-8-5-19(6-9-20)7-12-27(40)37-25-4-2-1-3-24(25)34/h1-12,16,22-23,28,35H,13-15,17-18,34H2,(H,37,40)(H,36,38,41)/b12-7+/t22-,23-,28?/m0/s1. The zero-order chi connectivity index (χ0) is 29.7. The molecule has 0 saturated carbocycles. The van der Waals surface area contributed by atoms with Crippen LogP contribution in [0.25, 0.3) is 6.08 Å². The van der Waals surface area contributed by atoms with Crippen LogP contribution >= 0.6 is 0 Å². The smallest absolute Gasteiger partial charge is 0.397 e. The van der Waals surface area contributed by atoms with E-state index < -0.39 is 23.7 Å². The van der Waals surface area contributed by atoms with E-state index in [-0.39, 0.29) is 17.8 Å². The van der Waals surface area contributed by atoms with Gasteiger partial charge in [-0.05, 0) is 47.9 Å². The summed E-state index contributed by atoms with van der Waals surface area (Å²) >= 11 is 0. The maximum atomic E-state index is 13.3. The number of rotatable bonds is 10. The van der Waals surface area contributed by atoms with Crippen LogP contribution in [0.5, 0.6) is 0 Å². The summed E-state index contributed by atoms with van der Waals surface area (Å²) in [5.41, 5.74) is 7.31. The average molecular weight is 581 g/mol. The van der Waals surface area contributed by atoms with Crippen LogP contribution < -0.4 is 21.7 Å². The lowest BCUT2D eigenvalue weighted by molar-refractivity contribution is -0.137. The lowest BCUT2D eigenvalue weighted by Crippen LogP contribution is -2.43. The van der Waals surface area contributed by atoms with Crippen molar-refractivity contribution in [3.8, 4) is 0 Å². The van der Waals surface area contributed by atoms with Gasteiger partial charge in [0, 0.05) is 37.9 Å². The SMILES string of the molecule is Nc1ccccc1NC(=O)/C=C/c1ccc(C(NCCN2C[C@@H]3C[C@H]2CO3)C(=O)Nc2ccc(C(F)(F)F)cn2)cc1. The molecule has 2 aliphatic heterocycles. The number of ether oxygens (including phenoxy) is 1. The van der Waals surface area contributed by atoms with Crippen LogP contribution in [-0.2, 0) is 20.5 Å². The number of hydrogen-bond acceptors (Lipinski definition) is 7. The number of anilines is 3. The second-order valence-electron chi connectivity index (χ2n) is 10.2. The Bertz CT molecular complexity index is 1430. The van der Waals surface area contributed by atoms with Gasteiger partial charge in [0.25, 0.3) is 0 Å². The molecule has 0 spiro atoms. The molecule has 0 aliphatic carbocycles. The van der Waals surface area contributed by atoms with Crippen molar-refractivity contribution in [1.29, 1.82) is 0 Å². The molecule has 2 aliphatic rings. The summed E-state index contributed by atoms with van der Waals surface area (Å²) in [6, 6.07) is 15.6. The minimum Gasteiger partial charge on any atom is -0.397 e. The van der Waals surface area contributed by atoms with E-state index in [1.54, 1.807) is 54.6 Å². The predicted molar refractivity (Wildman–Crippen MR) is 153 cm³/mol. The van der Waals surface area contributed by atoms with Gasteiger partial charge in [0.05, 0.1) is 29.6 Å². The number of morpholine rings is 1. The third kappa shape index (κ3) is 7.32. The molecule has 220 valence electrons. The molecule has 2 fully saturated rings. The first-order valence-electron chi connectivity index (χ1n) is 13.5. The topological polar surface area (TPSA) is 122 Å². The van der Waals surface area contributed by atoms with Crippen LogP contribution in [0.4, 0.5) is 30.4 Å². The Labute approximate surface area is 240 Å². The number of alkyl halides is 3. The molecular weight excluding hydrogens is 549 g/mol. The van der Waals surface area contributed by atoms with Crippen LogP contribution in [0.3, 0.4) is 0 Å². The first kappa shape index (κ1) is 29.2. The highest BCUT2D eigenvalue weighted by Crippen LogP contribution is 2.29. The van der Waals surface area contributed by atoms with Gasteiger partial charge >= 0.3 is 6.18 Å². The number of hydrogen-bond donors (Lipinski definition) is 4. The number of pyridine rings is 1. The Morgan fingerprint density at radius 1 is 1.10 bits per heavy atom. The second kappa shape index (κ2) is 12.7. The van der Waals surface area contributed by atoms with Crippen molar-refractivity contribution in [3.05, 3.63) is 89.6 Å². The number of nitrogen functional groups attached to an aromatic ring is 1. The number of fused-ring (bicyclic) bond motifs is 2. The summed E-state index contributed by atoms with van der Waals surface area (Å²) in [5, 5.41) is 8.62. The maximum absolute atomic E-state index is 13.3. The zero-order valence-corrected chi connectivity index (χ0v) is 22.6. The Morgan fingerprint density at radius 3 is 2.52 bits per heavy atom. The Hall–Kier alpha value is -4.26. The lowest BCUT2D eigenvalue weighted by atomic mass is 10.0. The van der Waals surface area contributed by atoms with Gasteiger partial charge in [0.1, 0.15) is 11.9 Å². The van der Waals surface area contributed by atoms with Gasteiger partial charge in [-0.1, -0.05) is 36.4 Å². The molecule has 1 aromatic heterocycles. The van der Waals surface area contributed by atoms with Crippen molar-refractivity contribution < 1.29 is 27.5 Å². The number of aromatic nitrogens is 1. The summed E-state index contributed by atoms with van der Waals surface area (Å²) in [5.74, 6) is -0.795. The van der Waals surface area contributed by atoms with Crippen molar-refractivity contribution in [1.82, 2.24) is 15.2 Å². The van der Waals surface area contributed by atoms with Crippen molar-refractivity contribution in [2.45, 2.75) is 30.8 Å². The number of para-hydroxylation sites is 2. The van der Waals surface area contributed by atoms with E-state index >= 15 is 0 Å². The van der Waals surface area contributed by atoms with Crippen LogP contribution in [0, 0.1) is 0 Å². The van der Waals surface area contributed by atoms with Gasteiger partial charge in [-0.15, -0.1) is 0 Å². The summed E-state index contributed by atoms with van der Waals surface area (Å²) in [6.07, 6.45) is 0.449. The van der Waals surface area contributed by atoms with E-state index in [0.29, 0.717) is 48.9 Å². The number of likely N-dealkylation sites (tertiary alicyclic amines) is 1. The van der Waals surface area contributed by atoms with E-state index in [1.807, 2.05) is 0 Å². The first-order chi connectivity index (χ1) is 20.2. The van der Waals surface area contributed by atoms with Crippen molar-refractivity contribution in [3.63, 3.8) is 0 Å². The number of nitrogens with zero attached hydrogens (tertiary/aromatic N) is 2. The molecule has 42 heavy (non-hydrogen) atoms. The summed E-state index contributed by atoms with van der Waals surface area (Å²) in [6.45, 7) is 2.78. The number of carbonyl (C=O) groups excluding carboxylic acids is 2. The van der Waals surface area contributed by atoms with Gasteiger partial charge < -0.3 is 26.4 Å². The van der Waals surface area contributed by atoms with Crippen LogP contribution in [0.1, 0.15) is 29.2 Å². The van der Waals surface area contributed by atoms with Crippen molar-refractivity contribution in [2.24, 2.45) is 0 Å². The molecule has 3 atom stereocenters. The van der Waals surface area contributed by atoms with Crippen molar-refractivity contribution >= 4 is 35.1 Å². The molecule has 2 aromatic carbocycles. The molecule has 9 nitrogen and oxygen atoms in total. The highest BCUT2D eigenvalue weighted by molar-refractivity contribution is 6.03. The van der Waals surface area contributed by atoms with Crippen LogP contribution in [0.2, 0.25) is 0 Å². The lowest BCUT2D eigenvalue weighted by Gasteiger charge is -2.27. The quantitative estimate of drug-likeness (QED) is 0.211. The molecule has 3 aromatic rings. The van der Waals surface area contributed by atoms with E-state index in [4.69, 9.17) is 10.5 Å². The monoisotopic (exact) mass is 580 g/mol. The Morgan fingerprint density at radius 2 is 1.88 bits per heavy atom. The number of carbonyl (C=O) groups is 2. The van der Waals surface area contributed by atoms with E-state index in [2.05, 4.69) is 25.8 Å². The molecule has 2 bridgehead atoms. The fourth-order valence-electron chi connectivity index (χ4n) is 5.06. The van der Waals surface area contributed by atoms with E-state index in [0.717, 1.165) is 30.7 Å². The highest BCUT2D eigenvalue weighted by Gasteiger charge is 2.38. The summed E-state index contributed by atoms with van der Waals surface area (Å²) in [4.78, 5) is 31.7. The molecule has 2 amide bonds. The molecule has 12 heteroatoms. The largest absolute Gasteiger partial charge is 0.417 e. The minimum atomic E-state index is -4.52. The molecular formula is C30H31F3N6O3. The number of nitrogens with two attached hydrogens (primary N) is 1. The van der Waals surface area contributed by atoms with E-state index in [1.165, 1.54) is 6.08 Å².